The van der Waals surface area contributed by atoms with Crippen molar-refractivity contribution in [3.8, 4) is 0 Å². The van der Waals surface area contributed by atoms with Crippen LogP contribution in [0.4, 0.5) is 0 Å². The number of esters is 1. The Morgan fingerprint density at radius 3 is 2.16 bits per heavy atom. The highest BCUT2D eigenvalue weighted by molar-refractivity contribution is 7.29. The van der Waals surface area contributed by atoms with Crippen LogP contribution in [0.1, 0.15) is 116 Å². The number of benzene rings is 1. The maximum absolute atomic E-state index is 13.4. The van der Waals surface area contributed by atoms with E-state index >= 15 is 0 Å². The lowest BCUT2D eigenvalue weighted by atomic mass is 10.0. The normalized spacial score (nSPS) is 18.5. The Kier molecular flexibility index (Phi) is 19.0. The van der Waals surface area contributed by atoms with Crippen molar-refractivity contribution in [1.82, 2.24) is 5.09 Å². The van der Waals surface area contributed by atoms with Gasteiger partial charge in [-0.05, 0) is 44.1 Å². The second-order valence-corrected chi connectivity index (χ2v) is 11.5. The number of ether oxygens (including phenoxy) is 2. The third kappa shape index (κ3) is 14.9. The summed E-state index contributed by atoms with van der Waals surface area (Å²) >= 11 is 0. The molecule has 0 bridgehead atoms. The third-order valence-corrected chi connectivity index (χ3v) is 8.11. The van der Waals surface area contributed by atoms with Gasteiger partial charge in [0.25, 0.3) is 0 Å². The Morgan fingerprint density at radius 2 is 1.58 bits per heavy atom. The lowest BCUT2D eigenvalue weighted by Crippen LogP contribution is -2.38. The van der Waals surface area contributed by atoms with Crippen molar-refractivity contribution < 1.29 is 23.9 Å². The molecule has 0 amide bonds. The molecule has 218 valence electrons. The van der Waals surface area contributed by atoms with E-state index in [9.17, 15) is 9.90 Å². The van der Waals surface area contributed by atoms with E-state index < -0.39 is 12.1 Å². The van der Waals surface area contributed by atoms with Crippen molar-refractivity contribution in [3.05, 3.63) is 35.9 Å². The molecule has 1 aliphatic heterocycles. The number of rotatable bonds is 23. The average Bonchev–Trinajstić information content (AvgIpc) is 3.34. The molecular formula is C31H54NO5P. The molecule has 0 aliphatic carbocycles. The second-order valence-electron chi connectivity index (χ2n) is 10.7. The third-order valence-electron chi connectivity index (χ3n) is 7.34. The molecule has 38 heavy (non-hydrogen) atoms. The SMILES string of the molecule is CCCCCCCCC(CCCCCCCC)OC(=O)[C@H](Cc1ccccc1)NPOC[C@H]1OCC[C@@H]1O. The molecule has 0 spiro atoms. The molecule has 0 radical (unpaired) electrons. The summed E-state index contributed by atoms with van der Waals surface area (Å²) in [6.45, 7) is 5.37. The largest absolute Gasteiger partial charge is 0.461 e. The van der Waals surface area contributed by atoms with Crippen molar-refractivity contribution in [2.45, 2.75) is 141 Å². The zero-order valence-electron chi connectivity index (χ0n) is 24.0. The fraction of sp³-hybridized carbons (Fsp3) is 0.774. The highest BCUT2D eigenvalue weighted by Gasteiger charge is 2.27. The predicted octanol–water partition coefficient (Wildman–Crippen LogP) is 7.28. The molecule has 4 atom stereocenters. The van der Waals surface area contributed by atoms with Crippen LogP contribution < -0.4 is 5.09 Å². The smallest absolute Gasteiger partial charge is 0.324 e. The van der Waals surface area contributed by atoms with Crippen LogP contribution in [0.5, 0.6) is 0 Å². The molecule has 1 heterocycles. The van der Waals surface area contributed by atoms with Gasteiger partial charge in [-0.3, -0.25) is 9.88 Å². The average molecular weight is 552 g/mol. The van der Waals surface area contributed by atoms with Gasteiger partial charge < -0.3 is 19.1 Å². The summed E-state index contributed by atoms with van der Waals surface area (Å²) in [5, 5.41) is 13.2. The standard InChI is InChI=1S/C31H54NO5P/c1-3-5-7-9-11-16-20-27(21-17-12-10-8-6-4-2)37-31(34)28(24-26-18-14-13-15-19-26)32-38-36-25-30-29(33)22-23-35-30/h13-15,18-19,27-30,32-33,38H,3-12,16-17,20-25H2,1-2H3/t28-,29-,30+/m0/s1. The van der Waals surface area contributed by atoms with E-state index in [1.54, 1.807) is 0 Å². The van der Waals surface area contributed by atoms with Crippen molar-refractivity contribution >= 4 is 14.9 Å². The lowest BCUT2D eigenvalue weighted by molar-refractivity contribution is -0.152. The zero-order valence-corrected chi connectivity index (χ0v) is 25.0. The molecule has 7 heteroatoms. The summed E-state index contributed by atoms with van der Waals surface area (Å²) < 4.78 is 17.4. The van der Waals surface area contributed by atoms with Crippen LogP contribution in [-0.2, 0) is 25.2 Å². The maximum atomic E-state index is 13.4. The number of hydrogen-bond acceptors (Lipinski definition) is 6. The minimum absolute atomic E-state index is 0.0220. The van der Waals surface area contributed by atoms with Crippen molar-refractivity contribution in [2.24, 2.45) is 0 Å². The fourth-order valence-corrected chi connectivity index (χ4v) is 5.58. The van der Waals surface area contributed by atoms with E-state index in [0.29, 0.717) is 26.1 Å². The molecule has 6 nitrogen and oxygen atoms in total. The van der Waals surface area contributed by atoms with Gasteiger partial charge in [-0.15, -0.1) is 0 Å². The van der Waals surface area contributed by atoms with E-state index in [1.807, 2.05) is 30.3 Å². The number of aliphatic hydroxyl groups excluding tert-OH is 1. The summed E-state index contributed by atoms with van der Waals surface area (Å²) in [5.41, 5.74) is 1.09. The first kappa shape index (κ1) is 33.2. The number of hydrogen-bond donors (Lipinski definition) is 2. The highest BCUT2D eigenvalue weighted by Crippen LogP contribution is 2.21. The first-order chi connectivity index (χ1) is 18.6. The summed E-state index contributed by atoms with van der Waals surface area (Å²) in [7, 11) is -0.0710. The molecule has 1 fully saturated rings. The maximum Gasteiger partial charge on any atom is 0.324 e. The molecule has 1 saturated heterocycles. The summed E-state index contributed by atoms with van der Waals surface area (Å²) in [4.78, 5) is 13.4. The van der Waals surface area contributed by atoms with Crippen LogP contribution in [0.15, 0.2) is 30.3 Å². The molecule has 1 aromatic carbocycles. The Bertz CT molecular complexity index is 691. The first-order valence-corrected chi connectivity index (χ1v) is 16.2. The van der Waals surface area contributed by atoms with Gasteiger partial charge in [0.2, 0.25) is 0 Å². The van der Waals surface area contributed by atoms with E-state index in [4.69, 9.17) is 14.0 Å². The summed E-state index contributed by atoms with van der Waals surface area (Å²) in [5.74, 6) is -0.191. The van der Waals surface area contributed by atoms with Gasteiger partial charge in [-0.1, -0.05) is 108 Å². The molecule has 0 aromatic heterocycles. The highest BCUT2D eigenvalue weighted by atomic mass is 31.1. The van der Waals surface area contributed by atoms with Crippen LogP contribution in [0.2, 0.25) is 0 Å². The van der Waals surface area contributed by atoms with Crippen LogP contribution in [0, 0.1) is 0 Å². The van der Waals surface area contributed by atoms with Crippen LogP contribution in [0.3, 0.4) is 0 Å². The van der Waals surface area contributed by atoms with E-state index in [2.05, 4.69) is 18.9 Å². The minimum atomic E-state index is -0.477. The Labute approximate surface area is 233 Å². The molecule has 1 unspecified atom stereocenters. The van der Waals surface area contributed by atoms with Crippen molar-refractivity contribution in [1.29, 1.82) is 0 Å². The molecule has 1 aromatic rings. The monoisotopic (exact) mass is 551 g/mol. The molecule has 2 rings (SSSR count). The quantitative estimate of drug-likeness (QED) is 0.0846. The van der Waals surface area contributed by atoms with Crippen LogP contribution in [0.25, 0.3) is 0 Å². The summed E-state index contributed by atoms with van der Waals surface area (Å²) in [6, 6.07) is 9.59. The van der Waals surface area contributed by atoms with Gasteiger partial charge in [0, 0.05) is 6.61 Å². The fourth-order valence-electron chi connectivity index (χ4n) is 4.89. The van der Waals surface area contributed by atoms with Crippen molar-refractivity contribution in [3.63, 3.8) is 0 Å². The second kappa shape index (κ2) is 21.7. The van der Waals surface area contributed by atoms with E-state index in [0.717, 1.165) is 31.2 Å². The topological polar surface area (TPSA) is 77.0 Å². The Balaban J connectivity index is 1.88. The number of unbranched alkanes of at least 4 members (excludes halogenated alkanes) is 10. The van der Waals surface area contributed by atoms with Crippen LogP contribution >= 0.6 is 8.96 Å². The van der Waals surface area contributed by atoms with E-state index in [-0.39, 0.29) is 27.1 Å². The Hall–Kier alpha value is -1.04. The Morgan fingerprint density at radius 1 is 0.974 bits per heavy atom. The van der Waals surface area contributed by atoms with Gasteiger partial charge >= 0.3 is 5.97 Å². The molecule has 1 aliphatic rings. The zero-order chi connectivity index (χ0) is 27.3. The number of nitrogens with one attached hydrogen (secondary N) is 1. The minimum Gasteiger partial charge on any atom is -0.461 e. The van der Waals surface area contributed by atoms with Crippen LogP contribution in [-0.4, -0.2) is 48.6 Å². The number of aliphatic hydroxyl groups is 1. The number of carbonyl (C=O) groups is 1. The van der Waals surface area contributed by atoms with Gasteiger partial charge in [-0.25, -0.2) is 0 Å². The lowest BCUT2D eigenvalue weighted by Gasteiger charge is -2.23. The van der Waals surface area contributed by atoms with Crippen molar-refractivity contribution in [2.75, 3.05) is 13.2 Å². The van der Waals surface area contributed by atoms with Gasteiger partial charge in [0.1, 0.15) is 18.2 Å². The van der Waals surface area contributed by atoms with E-state index in [1.165, 1.54) is 64.2 Å². The predicted molar refractivity (Wildman–Crippen MR) is 158 cm³/mol. The number of carbonyl (C=O) groups excluding carboxylic acids is 1. The molecule has 0 saturated carbocycles. The summed E-state index contributed by atoms with van der Waals surface area (Å²) in [6.07, 6.45) is 17.2. The molecule has 2 N–H and O–H groups in total. The van der Waals surface area contributed by atoms with Gasteiger partial charge in [0.15, 0.2) is 0 Å². The first-order valence-electron chi connectivity index (χ1n) is 15.3. The molecular weight excluding hydrogens is 497 g/mol. The van der Waals surface area contributed by atoms with Gasteiger partial charge in [-0.2, -0.15) is 0 Å². The van der Waals surface area contributed by atoms with Gasteiger partial charge in [0.05, 0.1) is 21.7 Å².